The van der Waals surface area contributed by atoms with Gasteiger partial charge in [-0.2, -0.15) is 0 Å². The maximum Gasteiger partial charge on any atom is 0.221 e. The van der Waals surface area contributed by atoms with Crippen molar-refractivity contribution < 1.29 is 9.53 Å². The molecule has 0 bridgehead atoms. The monoisotopic (exact) mass is 404 g/mol. The SMILES string of the molecule is CNc1cccc(C2CC2)c1COc1ccc(-c2ccccc2)c(C)n1.NNC=O. The predicted octanol–water partition coefficient (Wildman–Crippen LogP) is 4.16. The summed E-state index contributed by atoms with van der Waals surface area (Å²) in [7, 11) is 1.96. The Morgan fingerprint density at radius 2 is 1.83 bits per heavy atom. The molecule has 1 heterocycles. The average Bonchev–Trinajstić information content (AvgIpc) is 3.63. The number of nitrogens with two attached hydrogens (primary N) is 1. The molecule has 4 rings (SSSR count). The lowest BCUT2D eigenvalue weighted by Gasteiger charge is -2.15. The van der Waals surface area contributed by atoms with Gasteiger partial charge in [-0.15, -0.1) is 0 Å². The molecule has 1 aliphatic rings. The van der Waals surface area contributed by atoms with E-state index in [9.17, 15) is 0 Å². The smallest absolute Gasteiger partial charge is 0.221 e. The number of hydrazine groups is 1. The second-order valence-electron chi connectivity index (χ2n) is 7.12. The summed E-state index contributed by atoms with van der Waals surface area (Å²) in [5, 5.41) is 3.30. The Morgan fingerprint density at radius 1 is 1.10 bits per heavy atom. The number of nitrogens with zero attached hydrogens (tertiary/aromatic N) is 1. The Balaban J connectivity index is 0.000000589. The van der Waals surface area contributed by atoms with Crippen LogP contribution in [0.2, 0.25) is 0 Å². The third kappa shape index (κ3) is 5.36. The number of aromatic nitrogens is 1. The first kappa shape index (κ1) is 21.3. The molecule has 0 aliphatic heterocycles. The minimum atomic E-state index is 0.403. The lowest BCUT2D eigenvalue weighted by molar-refractivity contribution is -0.109. The Kier molecular flexibility index (Phi) is 7.40. The number of hydrogen-bond donors (Lipinski definition) is 3. The molecule has 0 radical (unpaired) electrons. The van der Waals surface area contributed by atoms with E-state index in [1.165, 1.54) is 29.5 Å². The number of amides is 1. The third-order valence-electron chi connectivity index (χ3n) is 5.08. The van der Waals surface area contributed by atoms with Gasteiger partial charge >= 0.3 is 0 Å². The number of aryl methyl sites for hydroxylation is 1. The van der Waals surface area contributed by atoms with Crippen molar-refractivity contribution in [1.82, 2.24) is 10.4 Å². The summed E-state index contributed by atoms with van der Waals surface area (Å²) in [6, 6.07) is 20.9. The van der Waals surface area contributed by atoms with E-state index in [1.54, 1.807) is 5.43 Å². The van der Waals surface area contributed by atoms with E-state index < -0.39 is 0 Å². The topological polar surface area (TPSA) is 89.3 Å². The van der Waals surface area contributed by atoms with Crippen LogP contribution >= 0.6 is 0 Å². The van der Waals surface area contributed by atoms with E-state index >= 15 is 0 Å². The van der Waals surface area contributed by atoms with Crippen molar-refractivity contribution in [3.8, 4) is 17.0 Å². The first-order valence-corrected chi connectivity index (χ1v) is 10.0. The van der Waals surface area contributed by atoms with Crippen molar-refractivity contribution in [3.63, 3.8) is 0 Å². The largest absolute Gasteiger partial charge is 0.473 e. The van der Waals surface area contributed by atoms with Crippen molar-refractivity contribution in [3.05, 3.63) is 77.5 Å². The minimum Gasteiger partial charge on any atom is -0.473 e. The van der Waals surface area contributed by atoms with Crippen molar-refractivity contribution in [2.24, 2.45) is 5.84 Å². The van der Waals surface area contributed by atoms with Gasteiger partial charge in [-0.25, -0.2) is 10.8 Å². The van der Waals surface area contributed by atoms with Gasteiger partial charge in [0.05, 0.1) is 0 Å². The molecule has 1 aromatic heterocycles. The van der Waals surface area contributed by atoms with Crippen LogP contribution in [0.4, 0.5) is 5.69 Å². The lowest BCUT2D eigenvalue weighted by atomic mass is 10.0. The fourth-order valence-electron chi connectivity index (χ4n) is 3.46. The van der Waals surface area contributed by atoms with Crippen molar-refractivity contribution in [2.75, 3.05) is 12.4 Å². The Morgan fingerprint density at radius 3 is 2.43 bits per heavy atom. The first-order chi connectivity index (χ1) is 14.7. The highest BCUT2D eigenvalue weighted by Gasteiger charge is 2.27. The van der Waals surface area contributed by atoms with Gasteiger partial charge in [0.1, 0.15) is 6.61 Å². The molecular weight excluding hydrogens is 376 g/mol. The van der Waals surface area contributed by atoms with Crippen LogP contribution in [-0.2, 0) is 11.4 Å². The molecule has 1 amide bonds. The zero-order chi connectivity index (χ0) is 21.3. The normalized spacial score (nSPS) is 12.4. The minimum absolute atomic E-state index is 0.403. The molecule has 156 valence electrons. The summed E-state index contributed by atoms with van der Waals surface area (Å²) in [5.74, 6) is 5.78. The van der Waals surface area contributed by atoms with Gasteiger partial charge in [0.25, 0.3) is 0 Å². The van der Waals surface area contributed by atoms with Crippen LogP contribution in [0.5, 0.6) is 5.88 Å². The molecule has 4 N–H and O–H groups in total. The number of carbonyl (C=O) groups is 1. The van der Waals surface area contributed by atoms with Crippen LogP contribution in [-0.4, -0.2) is 18.4 Å². The van der Waals surface area contributed by atoms with E-state index in [2.05, 4.69) is 52.5 Å². The van der Waals surface area contributed by atoms with Crippen LogP contribution in [0, 0.1) is 6.92 Å². The van der Waals surface area contributed by atoms with E-state index in [0.29, 0.717) is 24.8 Å². The standard InChI is InChI=1S/C23H24N2O.CH4N2O/c1-16-19(17-7-4-3-5-8-17)13-14-23(25-16)26-15-21-20(18-11-12-18)9-6-10-22(21)24-2;2-3-1-4/h3-10,13-14,18,24H,11-12,15H2,1-2H3;1H,2H2,(H,3,4). The number of nitrogens with one attached hydrogen (secondary N) is 2. The highest BCUT2D eigenvalue weighted by Crippen LogP contribution is 2.43. The first-order valence-electron chi connectivity index (χ1n) is 10.0. The van der Waals surface area contributed by atoms with Crippen LogP contribution in [0.15, 0.2) is 60.7 Å². The van der Waals surface area contributed by atoms with Crippen molar-refractivity contribution >= 4 is 12.1 Å². The van der Waals surface area contributed by atoms with E-state index in [0.717, 1.165) is 16.9 Å². The van der Waals surface area contributed by atoms with E-state index in [-0.39, 0.29) is 0 Å². The average molecular weight is 405 g/mol. The highest BCUT2D eigenvalue weighted by atomic mass is 16.5. The zero-order valence-electron chi connectivity index (χ0n) is 17.4. The van der Waals surface area contributed by atoms with Crippen LogP contribution in [0.1, 0.15) is 35.6 Å². The van der Waals surface area contributed by atoms with Gasteiger partial charge in [-0.05, 0) is 48.9 Å². The molecule has 6 heteroatoms. The zero-order valence-corrected chi connectivity index (χ0v) is 17.4. The fourth-order valence-corrected chi connectivity index (χ4v) is 3.46. The molecule has 6 nitrogen and oxygen atoms in total. The van der Waals surface area contributed by atoms with Gasteiger partial charge in [0, 0.05) is 35.6 Å². The molecular formula is C24H28N4O2. The quantitative estimate of drug-likeness (QED) is 0.238. The summed E-state index contributed by atoms with van der Waals surface area (Å²) in [4.78, 5) is 13.6. The lowest BCUT2D eigenvalue weighted by Crippen LogP contribution is -2.18. The maximum absolute atomic E-state index is 8.94. The van der Waals surface area contributed by atoms with Crippen molar-refractivity contribution in [2.45, 2.75) is 32.3 Å². The number of benzene rings is 2. The van der Waals surface area contributed by atoms with Crippen LogP contribution in [0.25, 0.3) is 11.1 Å². The second kappa shape index (κ2) is 10.4. The number of carbonyl (C=O) groups excluding carboxylic acids is 1. The van der Waals surface area contributed by atoms with Gasteiger partial charge < -0.3 is 10.1 Å². The Hall–Kier alpha value is -3.38. The molecule has 0 atom stereocenters. The number of anilines is 1. The van der Waals surface area contributed by atoms with Crippen LogP contribution in [0.3, 0.4) is 0 Å². The van der Waals surface area contributed by atoms with Crippen LogP contribution < -0.4 is 21.3 Å². The van der Waals surface area contributed by atoms with Gasteiger partial charge in [0.2, 0.25) is 12.3 Å². The molecule has 3 aromatic rings. The molecule has 1 fully saturated rings. The number of ether oxygens (including phenoxy) is 1. The van der Waals surface area contributed by atoms with Crippen molar-refractivity contribution in [1.29, 1.82) is 0 Å². The summed E-state index contributed by atoms with van der Waals surface area (Å²) < 4.78 is 6.07. The Bertz CT molecular complexity index is 972. The van der Waals surface area contributed by atoms with E-state index in [1.807, 2.05) is 38.2 Å². The summed E-state index contributed by atoms with van der Waals surface area (Å²) >= 11 is 0. The van der Waals surface area contributed by atoms with Gasteiger partial charge in [-0.3, -0.25) is 10.2 Å². The third-order valence-corrected chi connectivity index (χ3v) is 5.08. The highest BCUT2D eigenvalue weighted by molar-refractivity contribution is 5.66. The predicted molar refractivity (Wildman–Crippen MR) is 120 cm³/mol. The molecule has 0 saturated heterocycles. The molecule has 2 aromatic carbocycles. The molecule has 30 heavy (non-hydrogen) atoms. The summed E-state index contributed by atoms with van der Waals surface area (Å²) in [6.07, 6.45) is 2.96. The summed E-state index contributed by atoms with van der Waals surface area (Å²) in [5.41, 5.74) is 8.87. The number of pyridine rings is 1. The van der Waals surface area contributed by atoms with Gasteiger partial charge in [-0.1, -0.05) is 42.5 Å². The fraction of sp³-hybridized carbons (Fsp3) is 0.250. The summed E-state index contributed by atoms with van der Waals surface area (Å²) in [6.45, 7) is 2.58. The molecule has 0 unspecified atom stereocenters. The molecule has 1 aliphatic carbocycles. The molecule has 1 saturated carbocycles. The molecule has 0 spiro atoms. The van der Waals surface area contributed by atoms with E-state index in [4.69, 9.17) is 9.53 Å². The maximum atomic E-state index is 8.94. The van der Waals surface area contributed by atoms with Gasteiger partial charge in [0.15, 0.2) is 0 Å². The number of hydrogen-bond acceptors (Lipinski definition) is 5. The second-order valence-corrected chi connectivity index (χ2v) is 7.12. The number of rotatable bonds is 7. The Labute approximate surface area is 177 Å².